The van der Waals surface area contributed by atoms with Crippen LogP contribution in [0.5, 0.6) is 17.2 Å². The molecule has 2 N–H and O–H groups in total. The van der Waals surface area contributed by atoms with Crippen LogP contribution in [0.2, 0.25) is 0 Å². The van der Waals surface area contributed by atoms with Crippen molar-refractivity contribution in [3.63, 3.8) is 0 Å². The molecule has 0 heterocycles. The maximum absolute atomic E-state index is 12.2. The van der Waals surface area contributed by atoms with E-state index in [4.69, 9.17) is 9.47 Å². The molecule has 3 aromatic rings. The molecular weight excluding hydrogens is 342 g/mol. The van der Waals surface area contributed by atoms with E-state index in [-0.39, 0.29) is 17.2 Å². The fourth-order valence-corrected chi connectivity index (χ4v) is 2.62. The van der Waals surface area contributed by atoms with Gasteiger partial charge in [-0.2, -0.15) is 0 Å². The first-order chi connectivity index (χ1) is 13.2. The molecule has 0 spiro atoms. The number of para-hydroxylation sites is 1. The van der Waals surface area contributed by atoms with E-state index in [0.717, 1.165) is 11.1 Å². The maximum Gasteiger partial charge on any atom is 0.255 e. The van der Waals surface area contributed by atoms with E-state index in [1.165, 1.54) is 6.07 Å². The van der Waals surface area contributed by atoms with Gasteiger partial charge in [-0.1, -0.05) is 48.5 Å². The molecule has 0 atom stereocenters. The monoisotopic (exact) mass is 363 g/mol. The van der Waals surface area contributed by atoms with Crippen LogP contribution in [0.1, 0.15) is 21.5 Å². The van der Waals surface area contributed by atoms with E-state index in [9.17, 15) is 9.90 Å². The minimum atomic E-state index is -0.337. The van der Waals surface area contributed by atoms with E-state index >= 15 is 0 Å². The zero-order chi connectivity index (χ0) is 19.1. The van der Waals surface area contributed by atoms with Crippen molar-refractivity contribution >= 4 is 5.91 Å². The van der Waals surface area contributed by atoms with Crippen molar-refractivity contribution < 1.29 is 19.4 Å². The Hall–Kier alpha value is -3.47. The molecule has 0 aromatic heterocycles. The molecule has 27 heavy (non-hydrogen) atoms. The number of amides is 1. The van der Waals surface area contributed by atoms with E-state index in [1.807, 2.05) is 48.5 Å². The van der Waals surface area contributed by atoms with Crippen LogP contribution in [-0.4, -0.2) is 18.1 Å². The summed E-state index contributed by atoms with van der Waals surface area (Å²) in [5.41, 5.74) is 2.17. The quantitative estimate of drug-likeness (QED) is 0.668. The molecule has 1 amide bonds. The lowest BCUT2D eigenvalue weighted by Gasteiger charge is -2.13. The van der Waals surface area contributed by atoms with Crippen LogP contribution in [0.4, 0.5) is 0 Å². The molecule has 0 saturated carbocycles. The number of aromatic hydroxyl groups is 1. The molecular formula is C22H21NO4. The highest BCUT2D eigenvalue weighted by Gasteiger charge is 2.11. The molecule has 5 heteroatoms. The van der Waals surface area contributed by atoms with Gasteiger partial charge in [0.2, 0.25) is 0 Å². The number of carbonyl (C=O) groups excluding carboxylic acids is 1. The van der Waals surface area contributed by atoms with Crippen LogP contribution in [0, 0.1) is 0 Å². The van der Waals surface area contributed by atoms with Gasteiger partial charge in [-0.3, -0.25) is 4.79 Å². The van der Waals surface area contributed by atoms with Crippen molar-refractivity contribution in [1.82, 2.24) is 5.32 Å². The second-order valence-corrected chi connectivity index (χ2v) is 5.96. The first-order valence-electron chi connectivity index (χ1n) is 8.57. The number of carbonyl (C=O) groups is 1. The standard InChI is InChI=1S/C22H21NO4/c1-26-21-13-17(14-23-22(25)18-9-5-6-10-19(18)24)11-12-20(21)27-15-16-7-3-2-4-8-16/h2-13,24H,14-15H2,1H3,(H,23,25). The van der Waals surface area contributed by atoms with Crippen molar-refractivity contribution in [3.8, 4) is 17.2 Å². The smallest absolute Gasteiger partial charge is 0.255 e. The van der Waals surface area contributed by atoms with Gasteiger partial charge in [-0.15, -0.1) is 0 Å². The molecule has 0 bridgehead atoms. The molecule has 3 rings (SSSR count). The number of nitrogens with one attached hydrogen (secondary N) is 1. The lowest BCUT2D eigenvalue weighted by atomic mass is 10.1. The minimum absolute atomic E-state index is 0.0442. The Morgan fingerprint density at radius 3 is 2.41 bits per heavy atom. The van der Waals surface area contributed by atoms with Gasteiger partial charge >= 0.3 is 0 Å². The third-order valence-electron chi connectivity index (χ3n) is 4.07. The van der Waals surface area contributed by atoms with Gasteiger partial charge in [0.1, 0.15) is 12.4 Å². The fraction of sp³-hybridized carbons (Fsp3) is 0.136. The molecule has 0 unspecified atom stereocenters. The van der Waals surface area contributed by atoms with E-state index in [1.54, 1.807) is 25.3 Å². The molecule has 0 aliphatic rings. The number of phenols is 1. The summed E-state index contributed by atoms with van der Waals surface area (Å²) >= 11 is 0. The molecule has 5 nitrogen and oxygen atoms in total. The van der Waals surface area contributed by atoms with Gasteiger partial charge in [-0.25, -0.2) is 0 Å². The summed E-state index contributed by atoms with van der Waals surface area (Å²) in [7, 11) is 1.58. The van der Waals surface area contributed by atoms with Crippen LogP contribution >= 0.6 is 0 Å². The zero-order valence-corrected chi connectivity index (χ0v) is 15.0. The average molecular weight is 363 g/mol. The van der Waals surface area contributed by atoms with Gasteiger partial charge in [-0.05, 0) is 35.4 Å². The third kappa shape index (κ3) is 4.79. The predicted octanol–water partition coefficient (Wildman–Crippen LogP) is 3.91. The molecule has 0 saturated heterocycles. The normalized spacial score (nSPS) is 10.3. The molecule has 0 aliphatic heterocycles. The number of hydrogen-bond donors (Lipinski definition) is 2. The number of ether oxygens (including phenoxy) is 2. The average Bonchev–Trinajstić information content (AvgIpc) is 2.71. The van der Waals surface area contributed by atoms with Crippen LogP contribution in [0.3, 0.4) is 0 Å². The molecule has 0 fully saturated rings. The van der Waals surface area contributed by atoms with Gasteiger partial charge in [0, 0.05) is 6.54 Å². The highest BCUT2D eigenvalue weighted by molar-refractivity contribution is 5.96. The summed E-state index contributed by atoms with van der Waals surface area (Å²) in [5.74, 6) is 0.853. The largest absolute Gasteiger partial charge is 0.507 e. The lowest BCUT2D eigenvalue weighted by Crippen LogP contribution is -2.22. The Kier molecular flexibility index (Phi) is 5.94. The summed E-state index contributed by atoms with van der Waals surface area (Å²) in [6.07, 6.45) is 0. The van der Waals surface area contributed by atoms with Crippen LogP contribution in [0.25, 0.3) is 0 Å². The number of methoxy groups -OCH3 is 1. The first kappa shape index (κ1) is 18.3. The number of hydrogen-bond acceptors (Lipinski definition) is 4. The second-order valence-electron chi connectivity index (χ2n) is 5.96. The number of benzene rings is 3. The summed E-state index contributed by atoms with van der Waals surface area (Å²) in [5, 5.41) is 12.5. The maximum atomic E-state index is 12.2. The Morgan fingerprint density at radius 2 is 1.67 bits per heavy atom. The van der Waals surface area contributed by atoms with E-state index < -0.39 is 0 Å². The van der Waals surface area contributed by atoms with Crippen molar-refractivity contribution in [2.24, 2.45) is 0 Å². The van der Waals surface area contributed by atoms with E-state index in [0.29, 0.717) is 24.7 Å². The van der Waals surface area contributed by atoms with Crippen molar-refractivity contribution in [2.75, 3.05) is 7.11 Å². The van der Waals surface area contributed by atoms with Crippen molar-refractivity contribution in [2.45, 2.75) is 13.2 Å². The Labute approximate surface area is 158 Å². The van der Waals surface area contributed by atoms with Gasteiger partial charge < -0.3 is 19.9 Å². The summed E-state index contributed by atoms with van der Waals surface area (Å²) in [6.45, 7) is 0.753. The lowest BCUT2D eigenvalue weighted by molar-refractivity contribution is 0.0948. The minimum Gasteiger partial charge on any atom is -0.507 e. The Bertz CT molecular complexity index is 909. The fourth-order valence-electron chi connectivity index (χ4n) is 2.62. The molecule has 0 aliphatic carbocycles. The second kappa shape index (κ2) is 8.76. The van der Waals surface area contributed by atoms with Crippen molar-refractivity contribution in [1.29, 1.82) is 0 Å². The highest BCUT2D eigenvalue weighted by atomic mass is 16.5. The van der Waals surface area contributed by atoms with E-state index in [2.05, 4.69) is 5.32 Å². The predicted molar refractivity (Wildman–Crippen MR) is 103 cm³/mol. The zero-order valence-electron chi connectivity index (χ0n) is 15.0. The Morgan fingerprint density at radius 1 is 0.926 bits per heavy atom. The Balaban J connectivity index is 1.63. The highest BCUT2D eigenvalue weighted by Crippen LogP contribution is 2.29. The van der Waals surface area contributed by atoms with Gasteiger partial charge in [0.05, 0.1) is 12.7 Å². The van der Waals surface area contributed by atoms with Crippen LogP contribution < -0.4 is 14.8 Å². The molecule has 138 valence electrons. The number of phenolic OH excluding ortho intramolecular Hbond substituents is 1. The topological polar surface area (TPSA) is 67.8 Å². The first-order valence-corrected chi connectivity index (χ1v) is 8.57. The summed E-state index contributed by atoms with van der Waals surface area (Å²) in [6, 6.07) is 21.8. The summed E-state index contributed by atoms with van der Waals surface area (Å²) in [4.78, 5) is 12.2. The van der Waals surface area contributed by atoms with Crippen LogP contribution in [0.15, 0.2) is 72.8 Å². The molecule has 0 radical (unpaired) electrons. The molecule has 3 aromatic carbocycles. The number of rotatable bonds is 7. The summed E-state index contributed by atoms with van der Waals surface area (Å²) < 4.78 is 11.2. The van der Waals surface area contributed by atoms with Gasteiger partial charge in [0.25, 0.3) is 5.91 Å². The van der Waals surface area contributed by atoms with Gasteiger partial charge in [0.15, 0.2) is 11.5 Å². The van der Waals surface area contributed by atoms with Crippen LogP contribution in [-0.2, 0) is 13.2 Å². The SMILES string of the molecule is COc1cc(CNC(=O)c2ccccc2O)ccc1OCc1ccccc1. The van der Waals surface area contributed by atoms with Crippen molar-refractivity contribution in [3.05, 3.63) is 89.5 Å². The third-order valence-corrected chi connectivity index (χ3v) is 4.07.